The van der Waals surface area contributed by atoms with E-state index in [1.54, 1.807) is 12.3 Å². The Bertz CT molecular complexity index is 568. The second-order valence-corrected chi connectivity index (χ2v) is 6.98. The molecule has 0 radical (unpaired) electrons. The van der Waals surface area contributed by atoms with Crippen molar-refractivity contribution in [2.45, 2.75) is 25.7 Å². The van der Waals surface area contributed by atoms with Gasteiger partial charge in [0.25, 0.3) is 5.91 Å². The molecular weight excluding hydrogens is 361 g/mol. The molecule has 4 heterocycles. The number of likely N-dealkylation sites (tertiary alicyclic amines) is 1. The minimum absolute atomic E-state index is 0. The summed E-state index contributed by atoms with van der Waals surface area (Å²) in [5.41, 5.74) is 0.548. The number of rotatable bonds is 2. The number of carbonyl (C=O) groups excluding carboxylic acids is 1. The van der Waals surface area contributed by atoms with Gasteiger partial charge >= 0.3 is 0 Å². The summed E-state index contributed by atoms with van der Waals surface area (Å²) in [7, 11) is 0. The standard InChI is InChI=1S/C17H25N5O.2ClH/c23-16(21-9-4-13-11-18-12-14(13)5-10-21)15-3-6-19-17(20-15)22-7-1-2-8-22;;/h3,6,13-14,18H,1-2,4-5,7-12H2;2*1H/t13-,14+;;. The number of nitrogens with zero attached hydrogens (tertiary/aromatic N) is 4. The van der Waals surface area contributed by atoms with Gasteiger partial charge in [0, 0.05) is 32.4 Å². The summed E-state index contributed by atoms with van der Waals surface area (Å²) < 4.78 is 0. The zero-order valence-corrected chi connectivity index (χ0v) is 16.0. The van der Waals surface area contributed by atoms with Gasteiger partial charge < -0.3 is 15.1 Å². The summed E-state index contributed by atoms with van der Waals surface area (Å²) >= 11 is 0. The number of aromatic nitrogens is 2. The first kappa shape index (κ1) is 20.2. The molecule has 6 nitrogen and oxygen atoms in total. The number of hydrogen-bond acceptors (Lipinski definition) is 5. The fourth-order valence-corrected chi connectivity index (χ4v) is 4.12. The summed E-state index contributed by atoms with van der Waals surface area (Å²) in [6, 6.07) is 1.76. The van der Waals surface area contributed by atoms with Crippen molar-refractivity contribution in [1.29, 1.82) is 0 Å². The van der Waals surface area contributed by atoms with Gasteiger partial charge in [-0.15, -0.1) is 24.8 Å². The number of hydrogen-bond donors (Lipinski definition) is 1. The average molecular weight is 388 g/mol. The summed E-state index contributed by atoms with van der Waals surface area (Å²) in [6.07, 6.45) is 6.31. The van der Waals surface area contributed by atoms with Crippen LogP contribution in [0.4, 0.5) is 5.95 Å². The number of amides is 1. The van der Waals surface area contributed by atoms with Gasteiger partial charge in [-0.25, -0.2) is 9.97 Å². The first-order valence-electron chi connectivity index (χ1n) is 8.89. The number of carbonyl (C=O) groups is 1. The van der Waals surface area contributed by atoms with Crippen molar-refractivity contribution >= 4 is 36.7 Å². The number of anilines is 1. The van der Waals surface area contributed by atoms with E-state index in [1.807, 2.05) is 4.90 Å². The Kier molecular flexibility index (Phi) is 7.28. The highest BCUT2D eigenvalue weighted by Crippen LogP contribution is 2.27. The molecule has 1 N–H and O–H groups in total. The van der Waals surface area contributed by atoms with E-state index in [9.17, 15) is 4.79 Å². The highest BCUT2D eigenvalue weighted by atomic mass is 35.5. The van der Waals surface area contributed by atoms with Crippen LogP contribution in [-0.4, -0.2) is 60.0 Å². The second kappa shape index (κ2) is 9.01. The van der Waals surface area contributed by atoms with Gasteiger partial charge in [0.15, 0.2) is 0 Å². The predicted molar refractivity (Wildman–Crippen MR) is 103 cm³/mol. The fraction of sp³-hybridized carbons (Fsp3) is 0.706. The summed E-state index contributed by atoms with van der Waals surface area (Å²) in [4.78, 5) is 25.9. The molecule has 2 atom stereocenters. The van der Waals surface area contributed by atoms with Gasteiger partial charge in [-0.2, -0.15) is 0 Å². The fourth-order valence-electron chi connectivity index (χ4n) is 4.12. The Morgan fingerprint density at radius 2 is 1.68 bits per heavy atom. The van der Waals surface area contributed by atoms with E-state index >= 15 is 0 Å². The van der Waals surface area contributed by atoms with Gasteiger partial charge in [-0.1, -0.05) is 0 Å². The third kappa shape index (κ3) is 4.36. The van der Waals surface area contributed by atoms with E-state index in [0.29, 0.717) is 11.6 Å². The molecule has 3 aliphatic heterocycles. The van der Waals surface area contributed by atoms with Crippen LogP contribution in [0.25, 0.3) is 0 Å². The van der Waals surface area contributed by atoms with Gasteiger partial charge in [0.1, 0.15) is 5.69 Å². The third-order valence-electron chi connectivity index (χ3n) is 5.56. The number of halogens is 2. The van der Waals surface area contributed by atoms with Gasteiger partial charge in [0.05, 0.1) is 0 Å². The molecule has 3 fully saturated rings. The molecule has 4 rings (SSSR count). The van der Waals surface area contributed by atoms with E-state index in [4.69, 9.17) is 0 Å². The quantitative estimate of drug-likeness (QED) is 0.840. The van der Waals surface area contributed by atoms with Crippen LogP contribution in [-0.2, 0) is 0 Å². The molecule has 0 aliphatic carbocycles. The summed E-state index contributed by atoms with van der Waals surface area (Å²) in [5, 5.41) is 3.48. The Morgan fingerprint density at radius 1 is 1.04 bits per heavy atom. The van der Waals surface area contributed by atoms with E-state index in [0.717, 1.165) is 63.9 Å². The molecule has 0 aromatic carbocycles. The maximum atomic E-state index is 12.8. The molecule has 3 aliphatic rings. The highest BCUT2D eigenvalue weighted by Gasteiger charge is 2.32. The van der Waals surface area contributed by atoms with E-state index < -0.39 is 0 Å². The molecule has 1 aromatic rings. The Labute approximate surface area is 161 Å². The smallest absolute Gasteiger partial charge is 0.272 e. The van der Waals surface area contributed by atoms with E-state index in [1.165, 1.54) is 12.8 Å². The lowest BCUT2D eigenvalue weighted by atomic mass is 9.92. The average Bonchev–Trinajstić information content (AvgIpc) is 3.23. The monoisotopic (exact) mass is 387 g/mol. The second-order valence-electron chi connectivity index (χ2n) is 6.98. The Balaban J connectivity index is 0.00000113. The zero-order valence-electron chi connectivity index (χ0n) is 14.4. The van der Waals surface area contributed by atoms with Crippen molar-refractivity contribution in [2.75, 3.05) is 44.2 Å². The van der Waals surface area contributed by atoms with Gasteiger partial charge in [-0.3, -0.25) is 4.79 Å². The Morgan fingerprint density at radius 3 is 2.32 bits per heavy atom. The summed E-state index contributed by atoms with van der Waals surface area (Å²) in [5.74, 6) is 2.25. The minimum atomic E-state index is 0. The predicted octanol–water partition coefficient (Wildman–Crippen LogP) is 1.99. The molecule has 1 amide bonds. The topological polar surface area (TPSA) is 61.4 Å². The van der Waals surface area contributed by atoms with Gasteiger partial charge in [0.2, 0.25) is 5.95 Å². The molecule has 0 unspecified atom stereocenters. The largest absolute Gasteiger partial charge is 0.341 e. The molecule has 3 saturated heterocycles. The van der Waals surface area contributed by atoms with Crippen LogP contribution in [0, 0.1) is 11.8 Å². The maximum Gasteiger partial charge on any atom is 0.272 e. The molecule has 8 heteroatoms. The number of fused-ring (bicyclic) bond motifs is 1. The first-order valence-corrected chi connectivity index (χ1v) is 8.89. The minimum Gasteiger partial charge on any atom is -0.341 e. The third-order valence-corrected chi connectivity index (χ3v) is 5.56. The zero-order chi connectivity index (χ0) is 15.6. The highest BCUT2D eigenvalue weighted by molar-refractivity contribution is 5.92. The molecule has 140 valence electrons. The van der Waals surface area contributed by atoms with Crippen molar-refractivity contribution < 1.29 is 4.79 Å². The SMILES string of the molecule is Cl.Cl.O=C(c1ccnc(N2CCCC2)n1)N1CC[C@@H]2CNC[C@@H]2CC1. The van der Waals surface area contributed by atoms with Crippen LogP contribution in [0.3, 0.4) is 0 Å². The summed E-state index contributed by atoms with van der Waals surface area (Å²) in [6.45, 7) is 5.92. The van der Waals surface area contributed by atoms with Crippen LogP contribution in [0.1, 0.15) is 36.2 Å². The molecule has 0 spiro atoms. The molecular formula is C17H27Cl2N5O. The van der Waals surface area contributed by atoms with Crippen LogP contribution in [0.15, 0.2) is 12.3 Å². The molecule has 25 heavy (non-hydrogen) atoms. The van der Waals surface area contributed by atoms with Crippen molar-refractivity contribution in [3.8, 4) is 0 Å². The van der Waals surface area contributed by atoms with Crippen molar-refractivity contribution in [3.05, 3.63) is 18.0 Å². The van der Waals surface area contributed by atoms with Crippen molar-refractivity contribution in [2.24, 2.45) is 11.8 Å². The first-order chi connectivity index (χ1) is 11.3. The molecule has 0 bridgehead atoms. The van der Waals surface area contributed by atoms with Crippen molar-refractivity contribution in [3.63, 3.8) is 0 Å². The lowest BCUT2D eigenvalue weighted by Crippen LogP contribution is -2.33. The maximum absolute atomic E-state index is 12.8. The van der Waals surface area contributed by atoms with E-state index in [2.05, 4.69) is 20.2 Å². The Hall–Kier alpha value is -1.11. The lowest BCUT2D eigenvalue weighted by molar-refractivity contribution is 0.0752. The normalized spacial score (nSPS) is 25.6. The van der Waals surface area contributed by atoms with Crippen LogP contribution in [0.2, 0.25) is 0 Å². The van der Waals surface area contributed by atoms with Crippen molar-refractivity contribution in [1.82, 2.24) is 20.2 Å². The van der Waals surface area contributed by atoms with Crippen LogP contribution < -0.4 is 10.2 Å². The van der Waals surface area contributed by atoms with Crippen LogP contribution >= 0.6 is 24.8 Å². The number of nitrogens with one attached hydrogen (secondary N) is 1. The van der Waals surface area contributed by atoms with Gasteiger partial charge in [-0.05, 0) is 56.7 Å². The molecule has 1 aromatic heterocycles. The van der Waals surface area contributed by atoms with E-state index in [-0.39, 0.29) is 30.7 Å². The lowest BCUT2D eigenvalue weighted by Gasteiger charge is -2.21. The molecule has 0 saturated carbocycles. The van der Waals surface area contributed by atoms with Crippen LogP contribution in [0.5, 0.6) is 0 Å².